The number of benzene rings is 2. The summed E-state index contributed by atoms with van der Waals surface area (Å²) in [7, 11) is 3.59. The van der Waals surface area contributed by atoms with Crippen LogP contribution in [0.3, 0.4) is 0 Å². The van der Waals surface area contributed by atoms with Gasteiger partial charge in [-0.25, -0.2) is 0 Å². The maximum absolute atomic E-state index is 12.3. The highest BCUT2D eigenvalue weighted by Gasteiger charge is 2.14. The molecule has 0 radical (unpaired) electrons. The molecule has 0 aliphatic carbocycles. The first-order chi connectivity index (χ1) is 12.4. The van der Waals surface area contributed by atoms with Crippen molar-refractivity contribution in [3.63, 3.8) is 0 Å². The fourth-order valence-corrected chi connectivity index (χ4v) is 2.98. The minimum atomic E-state index is -0.0776. The molecular weight excluding hydrogens is 352 g/mol. The zero-order valence-corrected chi connectivity index (χ0v) is 16.4. The molecule has 0 saturated heterocycles. The molecule has 2 rings (SSSR count). The average Bonchev–Trinajstić information content (AvgIpc) is 2.58. The number of nitrogens with one attached hydrogen (secondary N) is 2. The van der Waals surface area contributed by atoms with Crippen LogP contribution in [0.4, 0.5) is 5.69 Å². The number of anilines is 1. The minimum Gasteiger partial charge on any atom is -0.493 e. The highest BCUT2D eigenvalue weighted by molar-refractivity contribution is 6.33. The number of aryl methyl sites for hydroxylation is 1. The van der Waals surface area contributed by atoms with Crippen LogP contribution in [0.5, 0.6) is 11.5 Å². The normalized spacial score (nSPS) is 11.7. The number of ether oxygens (including phenoxy) is 2. The molecule has 2 N–H and O–H groups in total. The van der Waals surface area contributed by atoms with Crippen LogP contribution in [0.2, 0.25) is 5.02 Å². The van der Waals surface area contributed by atoms with E-state index in [0.717, 1.165) is 21.8 Å². The number of halogens is 1. The number of hydrogen-bond acceptors (Lipinski definition) is 3. The van der Waals surface area contributed by atoms with Crippen LogP contribution in [0.25, 0.3) is 0 Å². The second kappa shape index (κ2) is 9.46. The van der Waals surface area contributed by atoms with Crippen molar-refractivity contribution in [2.24, 2.45) is 0 Å². The van der Waals surface area contributed by atoms with E-state index in [0.29, 0.717) is 36.2 Å². The summed E-state index contributed by atoms with van der Waals surface area (Å²) in [5.41, 5.74) is 2.77. The Bertz CT molecular complexity index is 765. The molecule has 0 heterocycles. The van der Waals surface area contributed by atoms with Gasteiger partial charge in [0.2, 0.25) is 0 Å². The van der Waals surface area contributed by atoms with Crippen molar-refractivity contribution in [2.75, 3.05) is 32.6 Å². The molecule has 0 fully saturated rings. The van der Waals surface area contributed by atoms with Gasteiger partial charge in [-0.1, -0.05) is 17.7 Å². The number of carbonyl (C=O) groups excluding carboxylic acids is 1. The lowest BCUT2D eigenvalue weighted by atomic mass is 10.2. The van der Waals surface area contributed by atoms with Crippen molar-refractivity contribution in [1.29, 1.82) is 0 Å². The molecule has 2 aromatic rings. The Morgan fingerprint density at radius 2 is 1.96 bits per heavy atom. The van der Waals surface area contributed by atoms with Gasteiger partial charge in [-0.05, 0) is 49.7 Å². The van der Waals surface area contributed by atoms with Crippen LogP contribution in [0.15, 0.2) is 36.4 Å². The minimum absolute atomic E-state index is 0.0776. The zero-order chi connectivity index (χ0) is 19.1. The molecule has 0 bridgehead atoms. The van der Waals surface area contributed by atoms with E-state index in [4.69, 9.17) is 21.1 Å². The highest BCUT2D eigenvalue weighted by atomic mass is 35.5. The molecule has 0 aromatic heterocycles. The van der Waals surface area contributed by atoms with E-state index < -0.39 is 0 Å². The summed E-state index contributed by atoms with van der Waals surface area (Å²) < 4.78 is 10.9. The zero-order valence-electron chi connectivity index (χ0n) is 15.7. The molecule has 2 aromatic carbocycles. The second-order valence-electron chi connectivity index (χ2n) is 6.26. The fraction of sp³-hybridized carbons (Fsp3) is 0.350. The third kappa shape index (κ3) is 5.64. The van der Waals surface area contributed by atoms with E-state index in [9.17, 15) is 4.79 Å². The topological polar surface area (TPSA) is 52.0 Å². The largest absolute Gasteiger partial charge is 0.493 e. The molecule has 1 unspecified atom stereocenters. The summed E-state index contributed by atoms with van der Waals surface area (Å²) in [6.45, 7) is 5.50. The first-order valence-corrected chi connectivity index (χ1v) is 8.97. The van der Waals surface area contributed by atoms with Gasteiger partial charge in [-0.3, -0.25) is 4.79 Å². The van der Waals surface area contributed by atoms with Crippen molar-refractivity contribution in [3.8, 4) is 11.5 Å². The Morgan fingerprint density at radius 3 is 2.62 bits per heavy atom. The van der Waals surface area contributed by atoms with E-state index in [2.05, 4.69) is 5.32 Å². The van der Waals surface area contributed by atoms with Crippen LogP contribution in [-0.2, 0) is 11.3 Å². The maximum atomic E-state index is 12.3. The molecule has 140 valence electrons. The summed E-state index contributed by atoms with van der Waals surface area (Å²) in [5, 5.41) is 3.41. The summed E-state index contributed by atoms with van der Waals surface area (Å²) in [6, 6.07) is 11.4. The maximum Gasteiger partial charge on any atom is 0.279 e. The fourth-order valence-electron chi connectivity index (χ4n) is 2.70. The van der Waals surface area contributed by atoms with E-state index in [1.54, 1.807) is 7.11 Å². The van der Waals surface area contributed by atoms with E-state index >= 15 is 0 Å². The molecule has 5 nitrogen and oxygen atoms in total. The Labute approximate surface area is 159 Å². The van der Waals surface area contributed by atoms with E-state index in [-0.39, 0.29) is 5.91 Å². The van der Waals surface area contributed by atoms with E-state index in [1.165, 1.54) is 0 Å². The molecule has 26 heavy (non-hydrogen) atoms. The predicted molar refractivity (Wildman–Crippen MR) is 104 cm³/mol. The molecule has 1 amide bonds. The summed E-state index contributed by atoms with van der Waals surface area (Å²) >= 11 is 6.17. The monoisotopic (exact) mass is 377 g/mol. The number of methoxy groups -OCH3 is 1. The molecular formula is C20H26ClN2O3+. The average molecular weight is 378 g/mol. The first-order valence-electron chi connectivity index (χ1n) is 8.60. The number of carbonyl (C=O) groups is 1. The van der Waals surface area contributed by atoms with Crippen LogP contribution in [-0.4, -0.2) is 33.2 Å². The van der Waals surface area contributed by atoms with Crippen LogP contribution >= 0.6 is 11.6 Å². The highest BCUT2D eigenvalue weighted by Crippen LogP contribution is 2.27. The predicted octanol–water partition coefficient (Wildman–Crippen LogP) is 2.71. The Kier molecular flexibility index (Phi) is 7.30. The number of amides is 1. The van der Waals surface area contributed by atoms with Crippen molar-refractivity contribution in [2.45, 2.75) is 20.4 Å². The smallest absolute Gasteiger partial charge is 0.279 e. The lowest BCUT2D eigenvalue weighted by Crippen LogP contribution is -3.08. The quantitative estimate of drug-likeness (QED) is 0.743. The summed E-state index contributed by atoms with van der Waals surface area (Å²) in [6.07, 6.45) is 0. The molecule has 0 aliphatic rings. The standard InChI is InChI=1S/C20H25ClN2O3/c1-5-26-18-9-7-15(11-19(18)25-4)12-23(3)13-20(24)22-17-8-6-14(2)10-16(17)21/h6-11H,5,12-13H2,1-4H3,(H,22,24)/p+1. The van der Waals surface area contributed by atoms with E-state index in [1.807, 2.05) is 57.3 Å². The van der Waals surface area contributed by atoms with Gasteiger partial charge >= 0.3 is 0 Å². The lowest BCUT2D eigenvalue weighted by Gasteiger charge is -2.16. The van der Waals surface area contributed by atoms with Crippen molar-refractivity contribution in [1.82, 2.24) is 0 Å². The van der Waals surface area contributed by atoms with Crippen LogP contribution < -0.4 is 19.7 Å². The molecule has 1 atom stereocenters. The van der Waals surface area contributed by atoms with Gasteiger partial charge in [-0.2, -0.15) is 0 Å². The third-order valence-corrected chi connectivity index (χ3v) is 4.21. The number of hydrogen-bond donors (Lipinski definition) is 2. The van der Waals surface area contributed by atoms with Gasteiger partial charge in [-0.15, -0.1) is 0 Å². The van der Waals surface area contributed by atoms with Crippen molar-refractivity contribution in [3.05, 3.63) is 52.5 Å². The van der Waals surface area contributed by atoms with Gasteiger partial charge in [0, 0.05) is 5.56 Å². The molecule has 0 aliphatic heterocycles. The third-order valence-electron chi connectivity index (χ3n) is 3.89. The first kappa shape index (κ1) is 20.1. The molecule has 0 spiro atoms. The van der Waals surface area contributed by atoms with Gasteiger partial charge in [0.1, 0.15) is 6.54 Å². The lowest BCUT2D eigenvalue weighted by molar-refractivity contribution is -0.885. The Hall–Kier alpha value is -2.24. The van der Waals surface area contributed by atoms with Gasteiger partial charge in [0.15, 0.2) is 18.0 Å². The SMILES string of the molecule is CCOc1ccc(C[NH+](C)CC(=O)Nc2ccc(C)cc2Cl)cc1OC. The van der Waals surface area contributed by atoms with Crippen LogP contribution in [0.1, 0.15) is 18.1 Å². The Balaban J connectivity index is 1.95. The molecule has 6 heteroatoms. The number of likely N-dealkylation sites (N-methyl/N-ethyl adjacent to an activating group) is 1. The van der Waals surface area contributed by atoms with Crippen LogP contribution in [0, 0.1) is 6.92 Å². The van der Waals surface area contributed by atoms with Crippen molar-refractivity contribution < 1.29 is 19.2 Å². The number of rotatable bonds is 8. The second-order valence-corrected chi connectivity index (χ2v) is 6.67. The summed E-state index contributed by atoms with van der Waals surface area (Å²) in [4.78, 5) is 13.3. The van der Waals surface area contributed by atoms with Crippen molar-refractivity contribution >= 4 is 23.2 Å². The molecule has 0 saturated carbocycles. The Morgan fingerprint density at radius 1 is 1.19 bits per heavy atom. The summed E-state index contributed by atoms with van der Waals surface area (Å²) in [5.74, 6) is 1.35. The van der Waals surface area contributed by atoms with Gasteiger partial charge in [0.05, 0.1) is 31.5 Å². The van der Waals surface area contributed by atoms with Gasteiger partial charge < -0.3 is 19.7 Å². The number of quaternary nitrogens is 1. The van der Waals surface area contributed by atoms with Gasteiger partial charge in [0.25, 0.3) is 5.91 Å².